The summed E-state index contributed by atoms with van der Waals surface area (Å²) in [6.07, 6.45) is 2.25. The summed E-state index contributed by atoms with van der Waals surface area (Å²) < 4.78 is 0. The quantitative estimate of drug-likeness (QED) is 0.538. The molecule has 0 aromatic carbocycles. The Morgan fingerprint density at radius 3 is 2.80 bits per heavy atom. The van der Waals surface area contributed by atoms with Gasteiger partial charge >= 0.3 is 0 Å². The summed E-state index contributed by atoms with van der Waals surface area (Å²) in [5.74, 6) is 0. The van der Waals surface area contributed by atoms with Gasteiger partial charge in [0.1, 0.15) is 0 Å². The van der Waals surface area contributed by atoms with Gasteiger partial charge in [0.05, 0.1) is 6.67 Å². The van der Waals surface area contributed by atoms with Gasteiger partial charge in [-0.25, -0.2) is 0 Å². The van der Waals surface area contributed by atoms with Crippen molar-refractivity contribution in [1.29, 1.82) is 0 Å². The first-order chi connectivity index (χ1) is 4.72. The molecule has 10 heavy (non-hydrogen) atoms. The van der Waals surface area contributed by atoms with Crippen LogP contribution in [0.5, 0.6) is 0 Å². The first-order valence-electron chi connectivity index (χ1n) is 3.82. The van der Waals surface area contributed by atoms with E-state index in [-0.39, 0.29) is 0 Å². The summed E-state index contributed by atoms with van der Waals surface area (Å²) in [7, 11) is 2.15. The first-order valence-corrected chi connectivity index (χ1v) is 3.82. The fourth-order valence-corrected chi connectivity index (χ4v) is 1.37. The molecule has 1 heterocycles. The molecule has 0 saturated heterocycles. The van der Waals surface area contributed by atoms with Gasteiger partial charge < -0.3 is 4.90 Å². The molecule has 2 nitrogen and oxygen atoms in total. The Labute approximate surface area is 63.1 Å². The van der Waals surface area contributed by atoms with Crippen molar-refractivity contribution in [2.75, 3.05) is 26.8 Å². The predicted molar refractivity (Wildman–Crippen MR) is 43.6 cm³/mol. The SMILES string of the molecule is CCN1C=C(C)CN(C)C1. The van der Waals surface area contributed by atoms with Crippen molar-refractivity contribution >= 4 is 0 Å². The molecule has 58 valence electrons. The largest absolute Gasteiger partial charge is 0.365 e. The van der Waals surface area contributed by atoms with Gasteiger partial charge in [0.25, 0.3) is 0 Å². The van der Waals surface area contributed by atoms with Crippen molar-refractivity contribution in [3.05, 3.63) is 11.8 Å². The normalized spacial score (nSPS) is 21.1. The average Bonchev–Trinajstić information content (AvgIpc) is 1.85. The van der Waals surface area contributed by atoms with Gasteiger partial charge in [0.2, 0.25) is 0 Å². The highest BCUT2D eigenvalue weighted by Gasteiger charge is 2.08. The maximum Gasteiger partial charge on any atom is 0.0701 e. The minimum Gasteiger partial charge on any atom is -0.365 e. The highest BCUT2D eigenvalue weighted by Crippen LogP contribution is 2.06. The maximum absolute atomic E-state index is 2.32. The summed E-state index contributed by atoms with van der Waals surface area (Å²) >= 11 is 0. The third kappa shape index (κ3) is 1.74. The second-order valence-corrected chi connectivity index (χ2v) is 3.04. The Hall–Kier alpha value is -0.500. The Kier molecular flexibility index (Phi) is 2.33. The number of nitrogens with zero attached hydrogens (tertiary/aromatic N) is 2. The lowest BCUT2D eigenvalue weighted by Crippen LogP contribution is -2.37. The van der Waals surface area contributed by atoms with Crippen LogP contribution in [-0.2, 0) is 0 Å². The van der Waals surface area contributed by atoms with Crippen molar-refractivity contribution in [2.24, 2.45) is 0 Å². The number of hydrogen-bond acceptors (Lipinski definition) is 2. The van der Waals surface area contributed by atoms with E-state index in [2.05, 4.69) is 36.9 Å². The Morgan fingerprint density at radius 2 is 2.30 bits per heavy atom. The second kappa shape index (κ2) is 3.06. The van der Waals surface area contributed by atoms with E-state index in [0.29, 0.717) is 0 Å². The van der Waals surface area contributed by atoms with E-state index < -0.39 is 0 Å². The number of likely N-dealkylation sites (N-methyl/N-ethyl adjacent to an activating group) is 1. The zero-order valence-electron chi connectivity index (χ0n) is 7.09. The van der Waals surface area contributed by atoms with E-state index in [4.69, 9.17) is 0 Å². The van der Waals surface area contributed by atoms with E-state index in [1.165, 1.54) is 5.57 Å². The van der Waals surface area contributed by atoms with Crippen molar-refractivity contribution in [3.8, 4) is 0 Å². The van der Waals surface area contributed by atoms with Gasteiger partial charge in [-0.15, -0.1) is 0 Å². The molecule has 0 aromatic heterocycles. The minimum absolute atomic E-state index is 1.08. The van der Waals surface area contributed by atoms with Crippen LogP contribution in [0.2, 0.25) is 0 Å². The Bertz CT molecular complexity index is 140. The van der Waals surface area contributed by atoms with Crippen LogP contribution in [0.3, 0.4) is 0 Å². The standard InChI is InChI=1S/C8H16N2/c1-4-10-6-8(2)5-9(3)7-10/h6H,4-5,7H2,1-3H3. The van der Waals surface area contributed by atoms with Crippen molar-refractivity contribution < 1.29 is 0 Å². The maximum atomic E-state index is 2.32. The molecular weight excluding hydrogens is 124 g/mol. The third-order valence-electron chi connectivity index (χ3n) is 1.75. The van der Waals surface area contributed by atoms with Crippen LogP contribution in [-0.4, -0.2) is 36.6 Å². The monoisotopic (exact) mass is 140 g/mol. The molecule has 0 aliphatic carbocycles. The highest BCUT2D eigenvalue weighted by atomic mass is 15.3. The van der Waals surface area contributed by atoms with Crippen molar-refractivity contribution in [2.45, 2.75) is 13.8 Å². The molecule has 0 amide bonds. The predicted octanol–water partition coefficient (Wildman–Crippen LogP) is 1.11. The van der Waals surface area contributed by atoms with Crippen LogP contribution in [0.4, 0.5) is 0 Å². The van der Waals surface area contributed by atoms with E-state index in [9.17, 15) is 0 Å². The van der Waals surface area contributed by atoms with Gasteiger partial charge in [-0.1, -0.05) is 0 Å². The summed E-state index contributed by atoms with van der Waals surface area (Å²) in [5.41, 5.74) is 1.45. The average molecular weight is 140 g/mol. The second-order valence-electron chi connectivity index (χ2n) is 3.04. The van der Waals surface area contributed by atoms with E-state index in [1.807, 2.05) is 0 Å². The van der Waals surface area contributed by atoms with E-state index in [0.717, 1.165) is 19.8 Å². The smallest absolute Gasteiger partial charge is 0.0701 e. The van der Waals surface area contributed by atoms with E-state index in [1.54, 1.807) is 0 Å². The van der Waals surface area contributed by atoms with Crippen LogP contribution < -0.4 is 0 Å². The van der Waals surface area contributed by atoms with Gasteiger partial charge in [-0.3, -0.25) is 4.90 Å². The third-order valence-corrected chi connectivity index (χ3v) is 1.75. The van der Waals surface area contributed by atoms with Gasteiger partial charge in [0.15, 0.2) is 0 Å². The van der Waals surface area contributed by atoms with E-state index >= 15 is 0 Å². The van der Waals surface area contributed by atoms with Gasteiger partial charge in [-0.2, -0.15) is 0 Å². The molecule has 0 spiro atoms. The molecule has 0 atom stereocenters. The molecule has 0 bridgehead atoms. The van der Waals surface area contributed by atoms with Crippen LogP contribution in [0, 0.1) is 0 Å². The topological polar surface area (TPSA) is 6.48 Å². The van der Waals surface area contributed by atoms with Crippen LogP contribution >= 0.6 is 0 Å². The Balaban J connectivity index is 2.55. The zero-order valence-corrected chi connectivity index (χ0v) is 7.09. The highest BCUT2D eigenvalue weighted by molar-refractivity contribution is 5.02. The molecule has 2 heteroatoms. The van der Waals surface area contributed by atoms with Crippen LogP contribution in [0.1, 0.15) is 13.8 Å². The van der Waals surface area contributed by atoms with Crippen molar-refractivity contribution in [1.82, 2.24) is 9.80 Å². The fraction of sp³-hybridized carbons (Fsp3) is 0.750. The molecule has 0 N–H and O–H groups in total. The molecular formula is C8H16N2. The molecule has 0 aromatic rings. The molecule has 1 rings (SSSR count). The lowest BCUT2D eigenvalue weighted by Gasteiger charge is -2.31. The fourth-order valence-electron chi connectivity index (χ4n) is 1.37. The van der Waals surface area contributed by atoms with Crippen LogP contribution in [0.15, 0.2) is 11.8 Å². The summed E-state index contributed by atoms with van der Waals surface area (Å²) in [6.45, 7) is 7.67. The van der Waals surface area contributed by atoms with Crippen LogP contribution in [0.25, 0.3) is 0 Å². The molecule has 0 saturated carbocycles. The zero-order chi connectivity index (χ0) is 7.56. The minimum atomic E-state index is 1.08. The number of hydrogen-bond donors (Lipinski definition) is 0. The lowest BCUT2D eigenvalue weighted by molar-refractivity contribution is 0.200. The summed E-state index contributed by atoms with van der Waals surface area (Å²) in [6, 6.07) is 0. The molecule has 1 aliphatic rings. The summed E-state index contributed by atoms with van der Waals surface area (Å²) in [4.78, 5) is 4.64. The molecule has 0 unspecified atom stereocenters. The van der Waals surface area contributed by atoms with Gasteiger partial charge in [0, 0.05) is 19.3 Å². The molecule has 0 fully saturated rings. The number of rotatable bonds is 1. The first kappa shape index (κ1) is 7.61. The Morgan fingerprint density at radius 1 is 1.60 bits per heavy atom. The summed E-state index contributed by atoms with van der Waals surface area (Å²) in [5, 5.41) is 0. The molecule has 1 aliphatic heterocycles. The molecule has 0 radical (unpaired) electrons. The van der Waals surface area contributed by atoms with Crippen molar-refractivity contribution in [3.63, 3.8) is 0 Å². The lowest BCUT2D eigenvalue weighted by atomic mass is 10.2. The van der Waals surface area contributed by atoms with Gasteiger partial charge in [-0.05, 0) is 26.5 Å².